The SMILES string of the molecule is C[Si](C)(C)CCOCn1ccc(=O)c(NC(=O)Cc2cc(-n3ncnn3)ccn2)c1NCC(F)(F)c1cccc[n+]1[O-]. The van der Waals surface area contributed by atoms with Crippen LogP contribution < -0.4 is 20.8 Å². The Bertz CT molecular complexity index is 1580. The lowest BCUT2D eigenvalue weighted by atomic mass is 10.2. The van der Waals surface area contributed by atoms with Crippen LogP contribution >= 0.6 is 0 Å². The smallest absolute Gasteiger partial charge is 0.347 e. The van der Waals surface area contributed by atoms with Crippen molar-refractivity contribution in [2.75, 3.05) is 23.8 Å². The molecule has 4 aromatic rings. The van der Waals surface area contributed by atoms with E-state index in [1.54, 1.807) is 12.1 Å². The molecule has 0 atom stereocenters. The third kappa shape index (κ3) is 8.00. The third-order valence-corrected chi connectivity index (χ3v) is 7.77. The number of halogens is 2. The van der Waals surface area contributed by atoms with Gasteiger partial charge < -0.3 is 25.1 Å². The van der Waals surface area contributed by atoms with E-state index in [2.05, 4.69) is 50.7 Å². The number of alkyl halides is 2. The van der Waals surface area contributed by atoms with Crippen molar-refractivity contribution in [1.82, 2.24) is 29.8 Å². The minimum absolute atomic E-state index is 0.0665. The van der Waals surface area contributed by atoms with E-state index >= 15 is 8.78 Å². The van der Waals surface area contributed by atoms with Gasteiger partial charge in [0.1, 0.15) is 18.2 Å². The number of carbonyl (C=O) groups is 1. The highest BCUT2D eigenvalue weighted by Crippen LogP contribution is 2.27. The molecule has 2 N–H and O–H groups in total. The van der Waals surface area contributed by atoms with Crippen LogP contribution in [0.3, 0.4) is 0 Å². The molecule has 13 nitrogen and oxygen atoms in total. The van der Waals surface area contributed by atoms with Gasteiger partial charge in [0.15, 0.2) is 12.5 Å². The number of ether oxygens (including phenoxy) is 1. The number of rotatable bonds is 13. The molecule has 42 heavy (non-hydrogen) atoms. The predicted octanol–water partition coefficient (Wildman–Crippen LogP) is 2.55. The molecule has 4 heterocycles. The Hall–Kier alpha value is -4.57. The van der Waals surface area contributed by atoms with Crippen molar-refractivity contribution in [2.45, 2.75) is 44.8 Å². The van der Waals surface area contributed by atoms with Crippen LogP contribution in [0, 0.1) is 5.21 Å². The maximum atomic E-state index is 15.1. The molecule has 0 aromatic carbocycles. The van der Waals surface area contributed by atoms with Crippen LogP contribution in [0.15, 0.2) is 66.1 Å². The second-order valence-corrected chi connectivity index (χ2v) is 16.3. The Kier molecular flexibility index (Phi) is 9.37. The zero-order valence-corrected chi connectivity index (χ0v) is 24.3. The number of tetrazole rings is 1. The molecule has 0 aliphatic heterocycles. The number of hydrogen-bond donors (Lipinski definition) is 2. The number of amides is 1. The fourth-order valence-electron chi connectivity index (χ4n) is 3.85. The molecule has 0 saturated carbocycles. The summed E-state index contributed by atoms with van der Waals surface area (Å²) in [5, 5.41) is 28.5. The molecule has 0 radical (unpaired) electrons. The molecule has 0 bridgehead atoms. The van der Waals surface area contributed by atoms with Gasteiger partial charge in [-0.15, -0.1) is 15.0 Å². The molecule has 0 aliphatic rings. The molecule has 0 saturated heterocycles. The molecule has 4 rings (SSSR count). The molecule has 1 amide bonds. The van der Waals surface area contributed by atoms with Gasteiger partial charge in [-0.05, 0) is 29.5 Å². The Morgan fingerprint density at radius 2 is 2.02 bits per heavy atom. The lowest BCUT2D eigenvalue weighted by molar-refractivity contribution is -0.624. The van der Waals surface area contributed by atoms with E-state index in [-0.39, 0.29) is 29.4 Å². The number of nitrogens with one attached hydrogen (secondary N) is 2. The van der Waals surface area contributed by atoms with E-state index in [9.17, 15) is 14.8 Å². The number of nitrogens with zero attached hydrogens (tertiary/aromatic N) is 7. The lowest BCUT2D eigenvalue weighted by Gasteiger charge is -2.22. The highest BCUT2D eigenvalue weighted by molar-refractivity contribution is 6.76. The van der Waals surface area contributed by atoms with Crippen molar-refractivity contribution in [2.24, 2.45) is 0 Å². The van der Waals surface area contributed by atoms with Crippen LogP contribution in [-0.4, -0.2) is 56.9 Å². The topological polar surface area (TPSA) is 156 Å². The molecule has 0 spiro atoms. The van der Waals surface area contributed by atoms with Gasteiger partial charge in [0.2, 0.25) is 11.3 Å². The number of anilines is 2. The standard InChI is InChI=1S/C26H31F2N9O4Si/c1-42(2,3)13-12-41-18-35-11-8-21(38)24(25(35)30-16-26(27,28)22-6-4-5-10-36(22)40)33-23(39)15-19-14-20(7-9-29-19)37-32-17-31-34-37/h4-11,14,17,30H,12-13,15-16,18H2,1-3H3,(H,33,39). The van der Waals surface area contributed by atoms with Crippen molar-refractivity contribution in [3.8, 4) is 5.69 Å². The fourth-order valence-corrected chi connectivity index (χ4v) is 4.61. The average Bonchev–Trinajstić information content (AvgIpc) is 3.47. The highest BCUT2D eigenvalue weighted by Gasteiger charge is 2.39. The largest absolute Gasteiger partial charge is 0.618 e. The maximum absolute atomic E-state index is 15.1. The van der Waals surface area contributed by atoms with Crippen molar-refractivity contribution >= 4 is 25.5 Å². The van der Waals surface area contributed by atoms with Gasteiger partial charge in [-0.3, -0.25) is 14.6 Å². The summed E-state index contributed by atoms with van der Waals surface area (Å²) < 4.78 is 37.5. The number of aromatic nitrogens is 7. The molecule has 0 fully saturated rings. The van der Waals surface area contributed by atoms with Crippen molar-refractivity contribution in [1.29, 1.82) is 0 Å². The lowest BCUT2D eigenvalue weighted by Crippen LogP contribution is -2.41. The normalized spacial score (nSPS) is 11.8. The Labute approximate surface area is 240 Å². The summed E-state index contributed by atoms with van der Waals surface area (Å²) in [6, 6.07) is 8.97. The summed E-state index contributed by atoms with van der Waals surface area (Å²) in [6.45, 7) is 5.91. The fraction of sp³-hybridized carbons (Fsp3) is 0.346. The van der Waals surface area contributed by atoms with E-state index in [4.69, 9.17) is 4.74 Å². The van der Waals surface area contributed by atoms with Crippen molar-refractivity contribution in [3.05, 3.63) is 88.1 Å². The first-order valence-electron chi connectivity index (χ1n) is 13.0. The van der Waals surface area contributed by atoms with Crippen LogP contribution in [0.5, 0.6) is 0 Å². The van der Waals surface area contributed by atoms with Gasteiger partial charge >= 0.3 is 5.92 Å². The van der Waals surface area contributed by atoms with E-state index in [1.807, 2.05) is 0 Å². The van der Waals surface area contributed by atoms with Gasteiger partial charge in [0.05, 0.1) is 24.3 Å². The zero-order valence-electron chi connectivity index (χ0n) is 23.3. The predicted molar refractivity (Wildman–Crippen MR) is 152 cm³/mol. The first-order chi connectivity index (χ1) is 19.9. The second-order valence-electron chi connectivity index (χ2n) is 10.6. The third-order valence-electron chi connectivity index (χ3n) is 6.07. The maximum Gasteiger partial charge on any atom is 0.347 e. The Morgan fingerprint density at radius 3 is 2.74 bits per heavy atom. The summed E-state index contributed by atoms with van der Waals surface area (Å²) >= 11 is 0. The summed E-state index contributed by atoms with van der Waals surface area (Å²) in [4.78, 5) is 31.4. The van der Waals surface area contributed by atoms with Gasteiger partial charge in [-0.25, -0.2) is 0 Å². The van der Waals surface area contributed by atoms with E-state index in [0.29, 0.717) is 18.0 Å². The first-order valence-corrected chi connectivity index (χ1v) is 16.7. The van der Waals surface area contributed by atoms with Crippen molar-refractivity contribution < 1.29 is 23.0 Å². The van der Waals surface area contributed by atoms with Gasteiger partial charge in [0.25, 0.3) is 5.69 Å². The van der Waals surface area contributed by atoms with E-state index < -0.39 is 37.6 Å². The minimum Gasteiger partial charge on any atom is -0.618 e. The average molecular weight is 600 g/mol. The quantitative estimate of drug-likeness (QED) is 0.102. The van der Waals surface area contributed by atoms with Crippen LogP contribution in [0.4, 0.5) is 20.3 Å². The molecule has 222 valence electrons. The summed E-state index contributed by atoms with van der Waals surface area (Å²) in [7, 11) is -1.40. The monoisotopic (exact) mass is 599 g/mol. The summed E-state index contributed by atoms with van der Waals surface area (Å²) in [5.74, 6) is -4.32. The number of hydrogen-bond acceptors (Lipinski definition) is 9. The van der Waals surface area contributed by atoms with Gasteiger partial charge in [0, 0.05) is 45.3 Å². The Balaban J connectivity index is 1.58. The molecular weight excluding hydrogens is 568 g/mol. The van der Waals surface area contributed by atoms with Gasteiger partial charge in [-0.2, -0.15) is 13.5 Å². The van der Waals surface area contributed by atoms with Crippen LogP contribution in [0.25, 0.3) is 5.69 Å². The molecular formula is C26H31F2N9O4Si. The van der Waals surface area contributed by atoms with E-state index in [0.717, 1.165) is 18.3 Å². The summed E-state index contributed by atoms with van der Waals surface area (Å²) in [5.41, 5.74) is -0.765. The molecule has 4 aromatic heterocycles. The first kappa shape index (κ1) is 30.4. The Morgan fingerprint density at radius 1 is 1.21 bits per heavy atom. The van der Waals surface area contributed by atoms with Crippen LogP contribution in [0.2, 0.25) is 25.7 Å². The number of pyridine rings is 3. The van der Waals surface area contributed by atoms with Crippen LogP contribution in [0.1, 0.15) is 11.4 Å². The molecule has 0 aliphatic carbocycles. The highest BCUT2D eigenvalue weighted by atomic mass is 28.3. The zero-order chi connectivity index (χ0) is 30.3. The molecule has 16 heteroatoms. The molecule has 0 unspecified atom stereocenters. The number of carbonyl (C=O) groups excluding carboxylic acids is 1. The summed E-state index contributed by atoms with van der Waals surface area (Å²) in [6.07, 6.45) is 4.85. The van der Waals surface area contributed by atoms with Crippen molar-refractivity contribution in [3.63, 3.8) is 0 Å². The minimum atomic E-state index is -3.61. The van der Waals surface area contributed by atoms with E-state index in [1.165, 1.54) is 46.3 Å². The second kappa shape index (κ2) is 12.9. The van der Waals surface area contributed by atoms with Crippen LogP contribution in [-0.2, 0) is 28.6 Å². The van der Waals surface area contributed by atoms with Gasteiger partial charge in [-0.1, -0.05) is 19.6 Å².